The zero-order valence-electron chi connectivity index (χ0n) is 17.5. The minimum atomic E-state index is -4.04. The second-order valence-corrected chi connectivity index (χ2v) is 9.64. The van der Waals surface area contributed by atoms with Crippen molar-refractivity contribution in [2.24, 2.45) is 0 Å². The normalized spacial score (nSPS) is 14.2. The number of hydrogen-bond acceptors (Lipinski definition) is 7. The Bertz CT molecular complexity index is 1230. The van der Waals surface area contributed by atoms with Gasteiger partial charge in [0.1, 0.15) is 11.6 Å². The lowest BCUT2D eigenvalue weighted by atomic mass is 10.2. The number of nitrogens with zero attached hydrogens (tertiary/aromatic N) is 3. The molecule has 33 heavy (non-hydrogen) atoms. The van der Waals surface area contributed by atoms with E-state index in [1.165, 1.54) is 23.1 Å². The van der Waals surface area contributed by atoms with Gasteiger partial charge >= 0.3 is 0 Å². The molecule has 2 aromatic rings. The Balaban J connectivity index is 1.69. The summed E-state index contributed by atoms with van der Waals surface area (Å²) in [5, 5.41) is 5.96. The lowest BCUT2D eigenvalue weighted by Gasteiger charge is -2.26. The summed E-state index contributed by atoms with van der Waals surface area (Å²) in [6.45, 7) is 2.34. The number of carbonyl (C=O) groups excluding carboxylic acids is 2. The first-order chi connectivity index (χ1) is 15.6. The summed E-state index contributed by atoms with van der Waals surface area (Å²) in [6.07, 6.45) is 1.14. The molecule has 1 aliphatic rings. The fourth-order valence-electron chi connectivity index (χ4n) is 3.02. The average Bonchev–Trinajstić information content (AvgIpc) is 2.79. The van der Waals surface area contributed by atoms with E-state index in [2.05, 4.69) is 15.1 Å². The lowest BCUT2D eigenvalue weighted by molar-refractivity contribution is -0.133. The summed E-state index contributed by atoms with van der Waals surface area (Å²) < 4.78 is 33.9. The third kappa shape index (κ3) is 6.30. The molecule has 0 unspecified atom stereocenters. The lowest BCUT2D eigenvalue weighted by Crippen LogP contribution is -2.45. The van der Waals surface area contributed by atoms with Gasteiger partial charge in [-0.1, -0.05) is 29.3 Å². The summed E-state index contributed by atoms with van der Waals surface area (Å²) in [5.74, 6) is -0.991. The van der Waals surface area contributed by atoms with E-state index >= 15 is 0 Å². The molecule has 3 rings (SSSR count). The highest BCUT2D eigenvalue weighted by Gasteiger charge is 2.22. The molecular weight excluding hydrogens is 497 g/mol. The minimum absolute atomic E-state index is 0.0358. The van der Waals surface area contributed by atoms with Crippen LogP contribution in [0.3, 0.4) is 0 Å². The van der Waals surface area contributed by atoms with Crippen LogP contribution in [0.1, 0.15) is 5.56 Å². The SMILES string of the molecule is Cc1ccc(NC(=O)Cn2ncc(Cl)c(Cl)c2=O)cc1S(=O)(=O)NCC(=O)N1CCOCC1. The van der Waals surface area contributed by atoms with Crippen molar-refractivity contribution in [1.82, 2.24) is 19.4 Å². The molecule has 11 nitrogen and oxygen atoms in total. The van der Waals surface area contributed by atoms with Gasteiger partial charge in [-0.3, -0.25) is 14.4 Å². The average molecular weight is 518 g/mol. The Morgan fingerprint density at radius 3 is 2.61 bits per heavy atom. The van der Waals surface area contributed by atoms with Crippen LogP contribution < -0.4 is 15.6 Å². The molecule has 1 saturated heterocycles. The van der Waals surface area contributed by atoms with Gasteiger partial charge in [-0.2, -0.15) is 5.10 Å². The van der Waals surface area contributed by atoms with Gasteiger partial charge in [0.2, 0.25) is 21.8 Å². The van der Waals surface area contributed by atoms with Crippen molar-refractivity contribution in [3.63, 3.8) is 0 Å². The highest BCUT2D eigenvalue weighted by molar-refractivity contribution is 7.89. The van der Waals surface area contributed by atoms with Gasteiger partial charge in [-0.25, -0.2) is 17.8 Å². The molecule has 178 valence electrons. The van der Waals surface area contributed by atoms with Crippen LogP contribution in [-0.4, -0.2) is 67.8 Å². The smallest absolute Gasteiger partial charge is 0.287 e. The van der Waals surface area contributed by atoms with E-state index in [1.807, 2.05) is 0 Å². The number of carbonyl (C=O) groups is 2. The van der Waals surface area contributed by atoms with E-state index in [9.17, 15) is 22.8 Å². The van der Waals surface area contributed by atoms with E-state index in [0.29, 0.717) is 31.9 Å². The predicted molar refractivity (Wildman–Crippen MR) is 121 cm³/mol. The molecule has 0 atom stereocenters. The van der Waals surface area contributed by atoms with Crippen LogP contribution in [0.2, 0.25) is 10.0 Å². The Morgan fingerprint density at radius 1 is 1.21 bits per heavy atom. The highest BCUT2D eigenvalue weighted by Crippen LogP contribution is 2.20. The zero-order chi connectivity index (χ0) is 24.2. The molecule has 1 fully saturated rings. The maximum Gasteiger partial charge on any atom is 0.287 e. The van der Waals surface area contributed by atoms with E-state index in [0.717, 1.165) is 10.9 Å². The van der Waals surface area contributed by atoms with Gasteiger partial charge in [0.25, 0.3) is 5.56 Å². The van der Waals surface area contributed by atoms with Gasteiger partial charge in [-0.15, -0.1) is 0 Å². The molecule has 2 amide bonds. The molecule has 0 bridgehead atoms. The molecule has 0 spiro atoms. The predicted octanol–water partition coefficient (Wildman–Crippen LogP) is 0.634. The van der Waals surface area contributed by atoms with Gasteiger partial charge < -0.3 is 15.0 Å². The summed E-state index contributed by atoms with van der Waals surface area (Å²) in [6, 6.07) is 4.29. The maximum atomic E-state index is 12.8. The summed E-state index contributed by atoms with van der Waals surface area (Å²) >= 11 is 11.5. The van der Waals surface area contributed by atoms with Crippen molar-refractivity contribution >= 4 is 50.7 Å². The van der Waals surface area contributed by atoms with Crippen molar-refractivity contribution < 1.29 is 22.7 Å². The second-order valence-electron chi connectivity index (χ2n) is 7.12. The molecule has 14 heteroatoms. The van der Waals surface area contributed by atoms with Crippen LogP contribution in [0.4, 0.5) is 5.69 Å². The maximum absolute atomic E-state index is 12.8. The number of sulfonamides is 1. The Morgan fingerprint density at radius 2 is 1.91 bits per heavy atom. The highest BCUT2D eigenvalue weighted by atomic mass is 35.5. The monoisotopic (exact) mass is 517 g/mol. The number of hydrogen-bond donors (Lipinski definition) is 2. The molecule has 1 aromatic heterocycles. The third-order valence-corrected chi connectivity index (χ3v) is 7.07. The molecule has 1 aliphatic heterocycles. The molecular formula is C19H21Cl2N5O6S. The summed E-state index contributed by atoms with van der Waals surface area (Å²) in [7, 11) is -4.04. The van der Waals surface area contributed by atoms with Crippen molar-refractivity contribution in [1.29, 1.82) is 0 Å². The number of amides is 2. The van der Waals surface area contributed by atoms with Gasteiger partial charge in [-0.05, 0) is 24.6 Å². The topological polar surface area (TPSA) is 140 Å². The zero-order valence-corrected chi connectivity index (χ0v) is 19.8. The van der Waals surface area contributed by atoms with Crippen molar-refractivity contribution in [2.75, 3.05) is 38.2 Å². The fourth-order valence-corrected chi connectivity index (χ4v) is 4.53. The fraction of sp³-hybridized carbons (Fsp3) is 0.368. The van der Waals surface area contributed by atoms with Crippen molar-refractivity contribution in [2.45, 2.75) is 18.4 Å². The minimum Gasteiger partial charge on any atom is -0.378 e. The van der Waals surface area contributed by atoms with Crippen LogP contribution in [0, 0.1) is 6.92 Å². The van der Waals surface area contributed by atoms with Gasteiger partial charge in [0.05, 0.1) is 35.9 Å². The van der Waals surface area contributed by atoms with Crippen LogP contribution >= 0.6 is 23.2 Å². The van der Waals surface area contributed by atoms with E-state index in [4.69, 9.17) is 27.9 Å². The first-order valence-corrected chi connectivity index (χ1v) is 12.0. The molecule has 0 radical (unpaired) electrons. The van der Waals surface area contributed by atoms with Crippen LogP contribution in [0.25, 0.3) is 0 Å². The van der Waals surface area contributed by atoms with Crippen LogP contribution in [0.5, 0.6) is 0 Å². The van der Waals surface area contributed by atoms with E-state index in [1.54, 1.807) is 6.92 Å². The number of ether oxygens (including phenoxy) is 1. The molecule has 2 N–H and O–H groups in total. The van der Waals surface area contributed by atoms with Crippen molar-refractivity contribution in [3.05, 3.63) is 50.4 Å². The molecule has 2 heterocycles. The first kappa shape index (κ1) is 25.1. The number of aryl methyl sites for hydroxylation is 1. The number of morpholine rings is 1. The third-order valence-electron chi connectivity index (χ3n) is 4.77. The number of rotatable bonds is 7. The Labute approximate surface area is 199 Å². The van der Waals surface area contributed by atoms with Crippen LogP contribution in [-0.2, 0) is 30.9 Å². The number of benzene rings is 1. The van der Waals surface area contributed by atoms with E-state index < -0.39 is 34.6 Å². The Kier molecular flexibility index (Phi) is 8.08. The number of nitrogens with one attached hydrogen (secondary N) is 2. The number of halogens is 2. The van der Waals surface area contributed by atoms with Gasteiger partial charge in [0.15, 0.2) is 0 Å². The van der Waals surface area contributed by atoms with Crippen molar-refractivity contribution in [3.8, 4) is 0 Å². The van der Waals surface area contributed by atoms with Crippen LogP contribution in [0.15, 0.2) is 34.1 Å². The largest absolute Gasteiger partial charge is 0.378 e. The van der Waals surface area contributed by atoms with E-state index in [-0.39, 0.29) is 26.5 Å². The molecule has 0 saturated carbocycles. The quantitative estimate of drug-likeness (QED) is 0.548. The number of anilines is 1. The second kappa shape index (κ2) is 10.6. The summed E-state index contributed by atoms with van der Waals surface area (Å²) in [4.78, 5) is 38.1. The first-order valence-electron chi connectivity index (χ1n) is 9.75. The molecule has 0 aliphatic carbocycles. The van der Waals surface area contributed by atoms with Gasteiger partial charge in [0, 0.05) is 18.8 Å². The summed E-state index contributed by atoms with van der Waals surface area (Å²) in [5.41, 5.74) is -0.138. The molecule has 1 aromatic carbocycles. The standard InChI is InChI=1S/C19H21Cl2N5O6S/c1-12-2-3-13(24-16(27)11-26-19(29)18(21)14(20)9-22-26)8-15(12)33(30,31)23-10-17(28)25-4-6-32-7-5-25/h2-3,8-9,23H,4-7,10-11H2,1H3,(H,24,27). The Hall–Kier alpha value is -2.51. The number of aromatic nitrogens is 2.